The van der Waals surface area contributed by atoms with Gasteiger partial charge in [-0.05, 0) is 39.5 Å². The highest BCUT2D eigenvalue weighted by Crippen LogP contribution is 2.07. The molecule has 0 heterocycles. The van der Waals surface area contributed by atoms with Gasteiger partial charge < -0.3 is 9.47 Å². The van der Waals surface area contributed by atoms with Crippen LogP contribution in [-0.4, -0.2) is 25.4 Å². The van der Waals surface area contributed by atoms with Gasteiger partial charge in [-0.2, -0.15) is 0 Å². The molecule has 0 saturated carbocycles. The van der Waals surface area contributed by atoms with E-state index in [0.29, 0.717) is 19.1 Å². The molecular weight excluding hydrogens is 212 g/mol. The Morgan fingerprint density at radius 2 is 1.67 bits per heavy atom. The molecule has 15 heavy (non-hydrogen) atoms. The average molecular weight is 235 g/mol. The van der Waals surface area contributed by atoms with E-state index in [2.05, 4.69) is 12.2 Å². The highest BCUT2D eigenvalue weighted by molar-refractivity contribution is 6.17. The summed E-state index contributed by atoms with van der Waals surface area (Å²) in [5, 5.41) is 0. The summed E-state index contributed by atoms with van der Waals surface area (Å²) < 4.78 is 10.9. The molecule has 0 atom stereocenters. The highest BCUT2D eigenvalue weighted by atomic mass is 35.5. The number of hydrogen-bond donors (Lipinski definition) is 0. The first kappa shape index (κ1) is 14.9. The topological polar surface area (TPSA) is 18.5 Å². The zero-order chi connectivity index (χ0) is 11.4. The molecule has 3 heteroatoms. The van der Waals surface area contributed by atoms with Crippen molar-refractivity contribution in [1.29, 1.82) is 0 Å². The van der Waals surface area contributed by atoms with Crippen LogP contribution in [0.4, 0.5) is 0 Å². The van der Waals surface area contributed by atoms with Gasteiger partial charge in [-0.1, -0.05) is 12.2 Å². The van der Waals surface area contributed by atoms with Gasteiger partial charge in [-0.3, -0.25) is 0 Å². The van der Waals surface area contributed by atoms with Gasteiger partial charge in [0.2, 0.25) is 0 Å². The van der Waals surface area contributed by atoms with Crippen LogP contribution >= 0.6 is 11.6 Å². The zero-order valence-corrected chi connectivity index (χ0v) is 10.6. The first-order valence-corrected chi connectivity index (χ1v) is 6.32. The molecule has 0 radical (unpaired) electrons. The van der Waals surface area contributed by atoms with Crippen LogP contribution in [0.5, 0.6) is 0 Å². The van der Waals surface area contributed by atoms with Crippen molar-refractivity contribution >= 4 is 11.6 Å². The maximum absolute atomic E-state index is 5.56. The molecule has 0 spiro atoms. The molecule has 0 N–H and O–H groups in total. The normalized spacial score (nSPS) is 11.7. The van der Waals surface area contributed by atoms with Gasteiger partial charge in [0.25, 0.3) is 0 Å². The Morgan fingerprint density at radius 1 is 1.07 bits per heavy atom. The minimum atomic E-state index is -0.0265. The fraction of sp³-hybridized carbons (Fsp3) is 0.833. The molecule has 0 aliphatic rings. The largest absolute Gasteiger partial charge is 0.353 e. The maximum atomic E-state index is 5.56. The molecule has 0 rings (SSSR count). The molecule has 2 nitrogen and oxygen atoms in total. The van der Waals surface area contributed by atoms with Gasteiger partial charge in [-0.15, -0.1) is 11.6 Å². The number of allylic oxidation sites excluding steroid dienone is 2. The van der Waals surface area contributed by atoms with Crippen LogP contribution in [-0.2, 0) is 9.47 Å². The third kappa shape index (κ3) is 10.2. The van der Waals surface area contributed by atoms with E-state index in [-0.39, 0.29) is 6.29 Å². The molecule has 0 aromatic carbocycles. The second-order valence-electron chi connectivity index (χ2n) is 3.22. The Labute approximate surface area is 98.6 Å². The molecule has 0 bridgehead atoms. The second-order valence-corrected chi connectivity index (χ2v) is 3.60. The van der Waals surface area contributed by atoms with Crippen molar-refractivity contribution < 1.29 is 9.47 Å². The summed E-state index contributed by atoms with van der Waals surface area (Å²) in [6.07, 6.45) is 8.38. The standard InChI is InChI=1S/C12H23ClO2/c1-3-14-12(15-4-2)10-8-6-5-7-9-11-13/h5,7,12H,3-4,6,8-11H2,1-2H3/b7-5+. The predicted octanol–water partition coefficient (Wildman–Crippen LogP) is 3.74. The van der Waals surface area contributed by atoms with Crippen LogP contribution in [0.1, 0.15) is 39.5 Å². The lowest BCUT2D eigenvalue weighted by Crippen LogP contribution is -2.16. The summed E-state index contributed by atoms with van der Waals surface area (Å²) in [6.45, 7) is 5.41. The van der Waals surface area contributed by atoms with E-state index in [4.69, 9.17) is 21.1 Å². The Kier molecular flexibility index (Phi) is 12.0. The second kappa shape index (κ2) is 12.0. The van der Waals surface area contributed by atoms with Crippen molar-refractivity contribution in [3.63, 3.8) is 0 Å². The summed E-state index contributed by atoms with van der Waals surface area (Å²) in [5.74, 6) is 0.705. The lowest BCUT2D eigenvalue weighted by molar-refractivity contribution is -0.139. The molecule has 0 amide bonds. The fourth-order valence-electron chi connectivity index (χ4n) is 1.29. The van der Waals surface area contributed by atoms with Crippen molar-refractivity contribution in [2.45, 2.75) is 45.8 Å². The smallest absolute Gasteiger partial charge is 0.157 e. The van der Waals surface area contributed by atoms with Gasteiger partial charge in [0.15, 0.2) is 6.29 Å². The van der Waals surface area contributed by atoms with Crippen molar-refractivity contribution in [3.05, 3.63) is 12.2 Å². The third-order valence-electron chi connectivity index (χ3n) is 1.96. The van der Waals surface area contributed by atoms with Crippen LogP contribution in [0.25, 0.3) is 0 Å². The number of rotatable bonds is 10. The van der Waals surface area contributed by atoms with Gasteiger partial charge in [-0.25, -0.2) is 0 Å². The lowest BCUT2D eigenvalue weighted by atomic mass is 10.2. The van der Waals surface area contributed by atoms with E-state index in [0.717, 1.165) is 25.7 Å². The van der Waals surface area contributed by atoms with Crippen molar-refractivity contribution in [3.8, 4) is 0 Å². The molecule has 0 saturated heterocycles. The first-order chi connectivity index (χ1) is 7.35. The van der Waals surface area contributed by atoms with E-state index < -0.39 is 0 Å². The molecule has 0 aliphatic carbocycles. The Bertz CT molecular complexity index is 143. The van der Waals surface area contributed by atoms with Crippen LogP contribution in [0.3, 0.4) is 0 Å². The minimum Gasteiger partial charge on any atom is -0.353 e. The summed E-state index contributed by atoms with van der Waals surface area (Å²) in [4.78, 5) is 0. The number of unbranched alkanes of at least 4 members (excludes halogenated alkanes) is 1. The lowest BCUT2D eigenvalue weighted by Gasteiger charge is -2.15. The Balaban J connectivity index is 3.43. The van der Waals surface area contributed by atoms with E-state index in [1.807, 2.05) is 13.8 Å². The maximum Gasteiger partial charge on any atom is 0.157 e. The average Bonchev–Trinajstić information content (AvgIpc) is 2.24. The minimum absolute atomic E-state index is 0.0265. The van der Waals surface area contributed by atoms with E-state index in [1.54, 1.807) is 0 Å². The first-order valence-electron chi connectivity index (χ1n) is 5.79. The summed E-state index contributed by atoms with van der Waals surface area (Å²) in [5.41, 5.74) is 0. The highest BCUT2D eigenvalue weighted by Gasteiger charge is 2.05. The number of ether oxygens (including phenoxy) is 2. The molecule has 0 aromatic rings. The molecule has 0 aliphatic heterocycles. The quantitative estimate of drug-likeness (QED) is 0.248. The third-order valence-corrected chi connectivity index (χ3v) is 2.18. The van der Waals surface area contributed by atoms with E-state index >= 15 is 0 Å². The molecular formula is C12H23ClO2. The van der Waals surface area contributed by atoms with Gasteiger partial charge in [0.05, 0.1) is 0 Å². The van der Waals surface area contributed by atoms with Gasteiger partial charge in [0.1, 0.15) is 0 Å². The summed E-state index contributed by atoms with van der Waals surface area (Å²) in [6, 6.07) is 0. The van der Waals surface area contributed by atoms with Crippen LogP contribution in [0, 0.1) is 0 Å². The molecule has 0 aromatic heterocycles. The predicted molar refractivity (Wildman–Crippen MR) is 65.4 cm³/mol. The number of halogens is 1. The Hall–Kier alpha value is -0.0500. The fourth-order valence-corrected chi connectivity index (χ4v) is 1.41. The van der Waals surface area contributed by atoms with Crippen molar-refractivity contribution in [1.82, 2.24) is 0 Å². The molecule has 90 valence electrons. The van der Waals surface area contributed by atoms with Gasteiger partial charge >= 0.3 is 0 Å². The molecule has 0 unspecified atom stereocenters. The van der Waals surface area contributed by atoms with Crippen molar-refractivity contribution in [2.24, 2.45) is 0 Å². The van der Waals surface area contributed by atoms with Crippen LogP contribution in [0.15, 0.2) is 12.2 Å². The number of hydrogen-bond acceptors (Lipinski definition) is 2. The van der Waals surface area contributed by atoms with E-state index in [9.17, 15) is 0 Å². The summed E-state index contributed by atoms with van der Waals surface area (Å²) >= 11 is 5.56. The van der Waals surface area contributed by atoms with Crippen molar-refractivity contribution in [2.75, 3.05) is 19.1 Å². The van der Waals surface area contributed by atoms with Gasteiger partial charge in [0, 0.05) is 19.1 Å². The monoisotopic (exact) mass is 234 g/mol. The summed E-state index contributed by atoms with van der Waals surface area (Å²) in [7, 11) is 0. The van der Waals surface area contributed by atoms with Crippen LogP contribution in [0.2, 0.25) is 0 Å². The Morgan fingerprint density at radius 3 is 2.20 bits per heavy atom. The zero-order valence-electron chi connectivity index (χ0n) is 9.88. The SMILES string of the molecule is CCOC(CCC/C=C/CCCl)OCC. The molecule has 0 fully saturated rings. The van der Waals surface area contributed by atoms with E-state index in [1.165, 1.54) is 0 Å². The van der Waals surface area contributed by atoms with Crippen LogP contribution < -0.4 is 0 Å². The number of alkyl halides is 1.